The summed E-state index contributed by atoms with van der Waals surface area (Å²) in [5.74, 6) is -0.399. The third kappa shape index (κ3) is 3.08. The number of halogens is 3. The highest BCUT2D eigenvalue weighted by Gasteiger charge is 2.05. The fourth-order valence-corrected chi connectivity index (χ4v) is 1.67. The minimum absolute atomic E-state index is 0.124. The van der Waals surface area contributed by atoms with E-state index in [1.165, 1.54) is 6.07 Å². The Morgan fingerprint density at radius 3 is 2.71 bits per heavy atom. The zero-order chi connectivity index (χ0) is 12.3. The van der Waals surface area contributed by atoms with E-state index in [2.05, 4.69) is 10.3 Å². The van der Waals surface area contributed by atoms with Gasteiger partial charge in [-0.25, -0.2) is 9.37 Å². The molecule has 0 saturated heterocycles. The Bertz CT molecular complexity index is 514. The molecule has 1 aromatic heterocycles. The third-order valence-electron chi connectivity index (χ3n) is 2.24. The van der Waals surface area contributed by atoms with Gasteiger partial charge in [0, 0.05) is 12.1 Å². The molecule has 1 N–H and O–H groups in total. The number of hydrogen-bond acceptors (Lipinski definition) is 2. The summed E-state index contributed by atoms with van der Waals surface area (Å²) in [4.78, 5) is 3.91. The van der Waals surface area contributed by atoms with E-state index >= 15 is 0 Å². The summed E-state index contributed by atoms with van der Waals surface area (Å²) in [7, 11) is 0. The van der Waals surface area contributed by atoms with Gasteiger partial charge in [-0.3, -0.25) is 0 Å². The van der Waals surface area contributed by atoms with E-state index in [0.717, 1.165) is 5.69 Å². The van der Waals surface area contributed by atoms with Crippen LogP contribution in [0.2, 0.25) is 10.2 Å². The fraction of sp³-hybridized carbons (Fsp3) is 0.0833. The second-order valence-corrected chi connectivity index (χ2v) is 4.23. The SMILES string of the molecule is Fc1c(Cl)cccc1CNc1ccc(Cl)nc1. The van der Waals surface area contributed by atoms with Crippen molar-refractivity contribution in [2.24, 2.45) is 0 Å². The molecule has 0 aliphatic heterocycles. The van der Waals surface area contributed by atoms with Crippen LogP contribution < -0.4 is 5.32 Å². The van der Waals surface area contributed by atoms with E-state index in [1.807, 2.05) is 0 Å². The van der Waals surface area contributed by atoms with Crippen molar-refractivity contribution in [1.82, 2.24) is 4.98 Å². The van der Waals surface area contributed by atoms with Gasteiger partial charge in [0.1, 0.15) is 11.0 Å². The predicted octanol–water partition coefficient (Wildman–Crippen LogP) is 4.14. The third-order valence-corrected chi connectivity index (χ3v) is 2.76. The highest BCUT2D eigenvalue weighted by atomic mass is 35.5. The first-order valence-electron chi connectivity index (χ1n) is 4.95. The van der Waals surface area contributed by atoms with Gasteiger partial charge in [0.2, 0.25) is 0 Å². The fourth-order valence-electron chi connectivity index (χ4n) is 1.36. The monoisotopic (exact) mass is 270 g/mol. The van der Waals surface area contributed by atoms with E-state index in [4.69, 9.17) is 23.2 Å². The van der Waals surface area contributed by atoms with Crippen LogP contribution in [-0.2, 0) is 6.54 Å². The number of aromatic nitrogens is 1. The molecule has 0 amide bonds. The maximum Gasteiger partial charge on any atom is 0.146 e. The summed E-state index contributed by atoms with van der Waals surface area (Å²) < 4.78 is 13.6. The second-order valence-electron chi connectivity index (χ2n) is 3.44. The Hall–Kier alpha value is -1.32. The molecule has 0 radical (unpaired) electrons. The normalized spacial score (nSPS) is 10.3. The van der Waals surface area contributed by atoms with Gasteiger partial charge in [0.05, 0.1) is 16.9 Å². The van der Waals surface area contributed by atoms with Crippen molar-refractivity contribution in [3.05, 3.63) is 58.1 Å². The van der Waals surface area contributed by atoms with Crippen LogP contribution in [-0.4, -0.2) is 4.98 Å². The van der Waals surface area contributed by atoms with Gasteiger partial charge in [-0.1, -0.05) is 35.3 Å². The van der Waals surface area contributed by atoms with Crippen molar-refractivity contribution >= 4 is 28.9 Å². The van der Waals surface area contributed by atoms with E-state index in [0.29, 0.717) is 17.3 Å². The van der Waals surface area contributed by atoms with Crippen molar-refractivity contribution in [3.8, 4) is 0 Å². The highest BCUT2D eigenvalue weighted by molar-refractivity contribution is 6.30. The van der Waals surface area contributed by atoms with Crippen LogP contribution in [0.25, 0.3) is 0 Å². The number of pyridine rings is 1. The zero-order valence-corrected chi connectivity index (χ0v) is 10.3. The van der Waals surface area contributed by atoms with Crippen molar-refractivity contribution in [2.45, 2.75) is 6.54 Å². The average molecular weight is 271 g/mol. The Kier molecular flexibility index (Phi) is 3.82. The summed E-state index contributed by atoms with van der Waals surface area (Å²) in [5.41, 5.74) is 1.28. The lowest BCUT2D eigenvalue weighted by Crippen LogP contribution is -2.02. The summed E-state index contributed by atoms with van der Waals surface area (Å²) in [6.07, 6.45) is 1.59. The molecule has 0 fully saturated rings. The molecule has 0 bridgehead atoms. The minimum Gasteiger partial charge on any atom is -0.380 e. The van der Waals surface area contributed by atoms with Crippen molar-refractivity contribution in [3.63, 3.8) is 0 Å². The van der Waals surface area contributed by atoms with E-state index in [-0.39, 0.29) is 5.02 Å². The van der Waals surface area contributed by atoms with Crippen molar-refractivity contribution < 1.29 is 4.39 Å². The molecule has 0 atom stereocenters. The lowest BCUT2D eigenvalue weighted by molar-refractivity contribution is 0.613. The van der Waals surface area contributed by atoms with Gasteiger partial charge < -0.3 is 5.32 Å². The molecule has 5 heteroatoms. The molecule has 88 valence electrons. The molecule has 2 nitrogen and oxygen atoms in total. The van der Waals surface area contributed by atoms with Crippen molar-refractivity contribution in [1.29, 1.82) is 0 Å². The molecule has 0 unspecified atom stereocenters. The number of rotatable bonds is 3. The van der Waals surface area contributed by atoms with E-state index in [9.17, 15) is 4.39 Å². The Balaban J connectivity index is 2.07. The Morgan fingerprint density at radius 1 is 1.18 bits per heavy atom. The number of anilines is 1. The first kappa shape index (κ1) is 12.1. The zero-order valence-electron chi connectivity index (χ0n) is 8.75. The lowest BCUT2D eigenvalue weighted by atomic mass is 10.2. The maximum absolute atomic E-state index is 13.6. The smallest absolute Gasteiger partial charge is 0.146 e. The minimum atomic E-state index is -0.399. The summed E-state index contributed by atoms with van der Waals surface area (Å²) >= 11 is 11.3. The number of benzene rings is 1. The number of nitrogens with zero attached hydrogens (tertiary/aromatic N) is 1. The second kappa shape index (κ2) is 5.34. The molecular formula is C12H9Cl2FN2. The molecule has 1 aromatic carbocycles. The molecule has 0 aliphatic carbocycles. The summed E-state index contributed by atoms with van der Waals surface area (Å²) in [5, 5.41) is 3.58. The molecular weight excluding hydrogens is 262 g/mol. The first-order valence-corrected chi connectivity index (χ1v) is 5.71. The Labute approximate surface area is 108 Å². The predicted molar refractivity (Wildman–Crippen MR) is 68.0 cm³/mol. The standard InChI is InChI=1S/C12H9Cl2FN2/c13-10-3-1-2-8(12(10)15)6-16-9-4-5-11(14)17-7-9/h1-5,7,16H,6H2. The molecule has 1 heterocycles. The van der Waals surface area contributed by atoms with Gasteiger partial charge in [0.25, 0.3) is 0 Å². The molecule has 2 aromatic rings. The van der Waals surface area contributed by atoms with Crippen LogP contribution >= 0.6 is 23.2 Å². The molecule has 17 heavy (non-hydrogen) atoms. The van der Waals surface area contributed by atoms with E-state index < -0.39 is 5.82 Å². The number of hydrogen-bond donors (Lipinski definition) is 1. The van der Waals surface area contributed by atoms with Gasteiger partial charge in [0.15, 0.2) is 0 Å². The topological polar surface area (TPSA) is 24.9 Å². The lowest BCUT2D eigenvalue weighted by Gasteiger charge is -2.07. The largest absolute Gasteiger partial charge is 0.380 e. The average Bonchev–Trinajstić information content (AvgIpc) is 2.33. The molecule has 0 spiro atoms. The summed E-state index contributed by atoms with van der Waals surface area (Å²) in [6.45, 7) is 0.343. The number of nitrogens with one attached hydrogen (secondary N) is 1. The van der Waals surface area contributed by atoms with Gasteiger partial charge >= 0.3 is 0 Å². The summed E-state index contributed by atoms with van der Waals surface area (Å²) in [6, 6.07) is 8.35. The molecule has 2 rings (SSSR count). The van der Waals surface area contributed by atoms with Crippen molar-refractivity contribution in [2.75, 3.05) is 5.32 Å². The van der Waals surface area contributed by atoms with Crippen LogP contribution in [0.1, 0.15) is 5.56 Å². The van der Waals surface area contributed by atoms with Gasteiger partial charge in [-0.05, 0) is 18.2 Å². The van der Waals surface area contributed by atoms with Crippen LogP contribution in [0.5, 0.6) is 0 Å². The van der Waals surface area contributed by atoms with Gasteiger partial charge in [-0.2, -0.15) is 0 Å². The first-order chi connectivity index (χ1) is 8.16. The maximum atomic E-state index is 13.6. The van der Waals surface area contributed by atoms with Crippen LogP contribution in [0.4, 0.5) is 10.1 Å². The molecule has 0 saturated carbocycles. The van der Waals surface area contributed by atoms with Gasteiger partial charge in [-0.15, -0.1) is 0 Å². The van der Waals surface area contributed by atoms with Crippen LogP contribution in [0, 0.1) is 5.82 Å². The van der Waals surface area contributed by atoms with E-state index in [1.54, 1.807) is 30.5 Å². The quantitative estimate of drug-likeness (QED) is 0.848. The Morgan fingerprint density at radius 2 is 2.00 bits per heavy atom. The van der Waals surface area contributed by atoms with Crippen LogP contribution in [0.15, 0.2) is 36.5 Å². The van der Waals surface area contributed by atoms with Crippen LogP contribution in [0.3, 0.4) is 0 Å². The molecule has 0 aliphatic rings. The highest BCUT2D eigenvalue weighted by Crippen LogP contribution is 2.19.